The first kappa shape index (κ1) is 22.3. The van der Waals surface area contributed by atoms with Gasteiger partial charge in [0.05, 0.1) is 12.2 Å². The third-order valence-corrected chi connectivity index (χ3v) is 5.60. The summed E-state index contributed by atoms with van der Waals surface area (Å²) in [6, 6.07) is 4.19. The highest BCUT2D eigenvalue weighted by Gasteiger charge is 2.34. The molecule has 1 aliphatic rings. The van der Waals surface area contributed by atoms with E-state index in [-0.39, 0.29) is 12.2 Å². The van der Waals surface area contributed by atoms with Crippen LogP contribution in [0.3, 0.4) is 0 Å². The van der Waals surface area contributed by atoms with Crippen molar-refractivity contribution in [2.75, 3.05) is 6.61 Å². The highest BCUT2D eigenvalue weighted by molar-refractivity contribution is 7.11. The van der Waals surface area contributed by atoms with E-state index in [1.807, 2.05) is 5.38 Å². The summed E-state index contributed by atoms with van der Waals surface area (Å²) in [6.45, 7) is 5.05. The number of hydrogen-bond donors (Lipinski definition) is 1. The van der Waals surface area contributed by atoms with E-state index < -0.39 is 24.1 Å². The van der Waals surface area contributed by atoms with E-state index in [4.69, 9.17) is 32.7 Å². The van der Waals surface area contributed by atoms with Crippen molar-refractivity contribution < 1.29 is 19.1 Å². The first-order chi connectivity index (χ1) is 14.3. The summed E-state index contributed by atoms with van der Waals surface area (Å²) in [5, 5.41) is 6.41. The molecular weight excluding hydrogens is 449 g/mol. The van der Waals surface area contributed by atoms with E-state index in [2.05, 4.69) is 15.3 Å². The normalized spacial score (nSPS) is 17.1. The Morgan fingerprint density at radius 1 is 1.33 bits per heavy atom. The van der Waals surface area contributed by atoms with E-state index in [1.165, 1.54) is 18.3 Å². The molecule has 2 heterocycles. The molecule has 1 N–H and O–H groups in total. The summed E-state index contributed by atoms with van der Waals surface area (Å²) < 4.78 is 10.3. The molecule has 0 spiro atoms. The molecule has 2 atom stereocenters. The fourth-order valence-corrected chi connectivity index (χ4v) is 3.97. The first-order valence-electron chi connectivity index (χ1n) is 9.09. The van der Waals surface area contributed by atoms with Crippen molar-refractivity contribution in [1.82, 2.24) is 10.3 Å². The molecule has 0 saturated heterocycles. The minimum atomic E-state index is -1.07. The molecule has 1 aromatic carbocycles. The van der Waals surface area contributed by atoms with E-state index in [0.717, 1.165) is 0 Å². The summed E-state index contributed by atoms with van der Waals surface area (Å²) in [5.74, 6) is -0.812. The Labute approximate surface area is 187 Å². The Kier molecular flexibility index (Phi) is 7.12. The van der Waals surface area contributed by atoms with Crippen LogP contribution in [0.15, 0.2) is 46.0 Å². The fourth-order valence-electron chi connectivity index (χ4n) is 2.87. The lowest BCUT2D eigenvalue weighted by molar-refractivity contribution is -0.164. The maximum atomic E-state index is 13.0. The number of aliphatic imine (C=N–C) groups is 1. The molecule has 0 radical (unpaired) electrons. The maximum absolute atomic E-state index is 13.0. The van der Waals surface area contributed by atoms with E-state index in [1.54, 1.807) is 38.2 Å². The molecule has 7 nitrogen and oxygen atoms in total. The predicted molar refractivity (Wildman–Crippen MR) is 116 cm³/mol. The summed E-state index contributed by atoms with van der Waals surface area (Å²) in [4.78, 5) is 33.8. The van der Waals surface area contributed by atoms with Gasteiger partial charge in [0.1, 0.15) is 6.04 Å². The molecule has 10 heteroatoms. The molecule has 2 unspecified atom stereocenters. The third kappa shape index (κ3) is 4.83. The number of halogens is 2. The Hall–Kier alpha value is -2.42. The van der Waals surface area contributed by atoms with Gasteiger partial charge in [0.25, 0.3) is 0 Å². The van der Waals surface area contributed by atoms with Crippen molar-refractivity contribution in [3.63, 3.8) is 0 Å². The van der Waals surface area contributed by atoms with Crippen LogP contribution < -0.4 is 5.32 Å². The molecule has 1 aromatic heterocycles. The van der Waals surface area contributed by atoms with Gasteiger partial charge in [0, 0.05) is 32.9 Å². The average Bonchev–Trinajstić information content (AvgIpc) is 3.22. The minimum Gasteiger partial charge on any atom is -0.463 e. The van der Waals surface area contributed by atoms with Gasteiger partial charge in [0.2, 0.25) is 0 Å². The number of allylic oxidation sites excluding steroid dienone is 1. The number of nitrogens with zero attached hydrogens (tertiary/aromatic N) is 2. The van der Waals surface area contributed by atoms with Gasteiger partial charge in [-0.2, -0.15) is 0 Å². The number of aromatic nitrogens is 1. The Balaban J connectivity index is 2.00. The lowest BCUT2D eigenvalue weighted by Gasteiger charge is -2.26. The van der Waals surface area contributed by atoms with Crippen LogP contribution in [0.2, 0.25) is 10.0 Å². The largest absolute Gasteiger partial charge is 0.463 e. The Bertz CT molecular complexity index is 1020. The topological polar surface area (TPSA) is 89.9 Å². The number of nitrogens with one attached hydrogen (secondary N) is 1. The molecular formula is C20H19Cl2N3O4S. The number of carbonyl (C=O) groups excluding carboxylic acids is 2. The summed E-state index contributed by atoms with van der Waals surface area (Å²) in [6.07, 6.45) is 0.599. The lowest BCUT2D eigenvalue weighted by Crippen LogP contribution is -2.35. The van der Waals surface area contributed by atoms with Crippen LogP contribution >= 0.6 is 34.5 Å². The Morgan fingerprint density at radius 3 is 2.73 bits per heavy atom. The molecule has 0 fully saturated rings. The predicted octanol–water partition coefficient (Wildman–Crippen LogP) is 4.31. The monoisotopic (exact) mass is 467 g/mol. The quantitative estimate of drug-likeness (QED) is 0.636. The molecule has 1 aliphatic heterocycles. The van der Waals surface area contributed by atoms with Crippen molar-refractivity contribution in [2.24, 2.45) is 4.99 Å². The van der Waals surface area contributed by atoms with Crippen LogP contribution in [0, 0.1) is 0 Å². The molecule has 0 bridgehead atoms. The van der Waals surface area contributed by atoms with Crippen molar-refractivity contribution in [2.45, 2.75) is 32.9 Å². The van der Waals surface area contributed by atoms with E-state index in [0.29, 0.717) is 32.1 Å². The second kappa shape index (κ2) is 9.59. The molecule has 3 rings (SSSR count). The van der Waals surface area contributed by atoms with Crippen LogP contribution in [0.5, 0.6) is 0 Å². The van der Waals surface area contributed by atoms with Gasteiger partial charge in [-0.05, 0) is 32.9 Å². The van der Waals surface area contributed by atoms with Crippen LogP contribution in [0.1, 0.15) is 37.4 Å². The number of esters is 2. The first-order valence-corrected chi connectivity index (χ1v) is 10.7. The molecule has 0 aliphatic carbocycles. The van der Waals surface area contributed by atoms with Gasteiger partial charge >= 0.3 is 11.9 Å². The fraction of sp³-hybridized carbons (Fsp3) is 0.300. The van der Waals surface area contributed by atoms with Crippen molar-refractivity contribution in [1.29, 1.82) is 0 Å². The molecule has 30 heavy (non-hydrogen) atoms. The number of thiazole rings is 1. The molecule has 2 aromatic rings. The van der Waals surface area contributed by atoms with Crippen molar-refractivity contribution in [3.05, 3.63) is 61.7 Å². The standard InChI is InChI=1S/C20H19Cl2N3O4S/c1-4-28-19(26)11(3)29-20(27)15-10(2)24-17(18-23-7-8-30-18)25-16(15)13-6-5-12(21)9-14(13)22/h5-9,11,16H,4H2,1-3H3,(H,24,25). The SMILES string of the molecule is CCOC(=O)C(C)OC(=O)C1=C(C)NC(c2nccs2)=NC1c1ccc(Cl)cc1Cl. The molecule has 0 amide bonds. The zero-order chi connectivity index (χ0) is 21.8. The highest BCUT2D eigenvalue weighted by Crippen LogP contribution is 2.37. The lowest BCUT2D eigenvalue weighted by atomic mass is 9.96. The van der Waals surface area contributed by atoms with Crippen LogP contribution in [0.4, 0.5) is 0 Å². The van der Waals surface area contributed by atoms with Crippen LogP contribution in [0.25, 0.3) is 0 Å². The second-order valence-corrected chi connectivity index (χ2v) is 8.08. The number of carbonyl (C=O) groups is 2. The zero-order valence-electron chi connectivity index (χ0n) is 16.4. The Morgan fingerprint density at radius 2 is 2.10 bits per heavy atom. The van der Waals surface area contributed by atoms with Crippen molar-refractivity contribution in [3.8, 4) is 0 Å². The third-order valence-electron chi connectivity index (χ3n) is 4.26. The van der Waals surface area contributed by atoms with Gasteiger partial charge in [0.15, 0.2) is 16.9 Å². The maximum Gasteiger partial charge on any atom is 0.347 e. The zero-order valence-corrected chi connectivity index (χ0v) is 18.8. The van der Waals surface area contributed by atoms with Gasteiger partial charge in [-0.25, -0.2) is 14.6 Å². The number of ether oxygens (including phenoxy) is 2. The van der Waals surface area contributed by atoms with E-state index >= 15 is 0 Å². The highest BCUT2D eigenvalue weighted by atomic mass is 35.5. The summed E-state index contributed by atoms with van der Waals surface area (Å²) in [5.41, 5.74) is 1.33. The minimum absolute atomic E-state index is 0.189. The summed E-state index contributed by atoms with van der Waals surface area (Å²) >= 11 is 13.9. The molecule has 158 valence electrons. The van der Waals surface area contributed by atoms with Crippen LogP contribution in [-0.2, 0) is 19.1 Å². The number of benzene rings is 1. The average molecular weight is 468 g/mol. The number of hydrogen-bond acceptors (Lipinski definition) is 8. The van der Waals surface area contributed by atoms with Gasteiger partial charge < -0.3 is 14.8 Å². The van der Waals surface area contributed by atoms with Crippen molar-refractivity contribution >= 4 is 52.3 Å². The van der Waals surface area contributed by atoms with Crippen LogP contribution in [-0.4, -0.2) is 35.5 Å². The van der Waals surface area contributed by atoms with Gasteiger partial charge in [-0.1, -0.05) is 29.3 Å². The molecule has 0 saturated carbocycles. The summed E-state index contributed by atoms with van der Waals surface area (Å²) in [7, 11) is 0. The van der Waals surface area contributed by atoms with Gasteiger partial charge in [-0.15, -0.1) is 11.3 Å². The second-order valence-electron chi connectivity index (χ2n) is 6.35. The van der Waals surface area contributed by atoms with Gasteiger partial charge in [-0.3, -0.25) is 4.99 Å². The van der Waals surface area contributed by atoms with E-state index in [9.17, 15) is 9.59 Å². The smallest absolute Gasteiger partial charge is 0.347 e. The number of amidine groups is 1. The number of rotatable bonds is 6.